The van der Waals surface area contributed by atoms with Crippen molar-refractivity contribution in [2.45, 2.75) is 38.1 Å². The number of aromatic nitrogens is 1. The van der Waals surface area contributed by atoms with Crippen molar-refractivity contribution in [1.82, 2.24) is 4.98 Å². The lowest BCUT2D eigenvalue weighted by molar-refractivity contribution is -0.138. The van der Waals surface area contributed by atoms with E-state index in [0.29, 0.717) is 22.8 Å². The first-order valence-electron chi connectivity index (χ1n) is 7.95. The first-order valence-corrected chi connectivity index (χ1v) is 11.0. The minimum Gasteiger partial charge on any atom is -0.480 e. The molecule has 0 aliphatic heterocycles. The van der Waals surface area contributed by atoms with Crippen molar-refractivity contribution in [3.63, 3.8) is 0 Å². The first kappa shape index (κ1) is 20.7. The lowest BCUT2D eigenvalue weighted by atomic mass is 10.0. The molecule has 0 unspecified atom stereocenters. The summed E-state index contributed by atoms with van der Waals surface area (Å²) < 4.78 is 23.8. The van der Waals surface area contributed by atoms with Gasteiger partial charge >= 0.3 is 5.97 Å². The number of thiazole rings is 1. The van der Waals surface area contributed by atoms with E-state index in [1.54, 1.807) is 19.1 Å². The van der Waals surface area contributed by atoms with Gasteiger partial charge in [-0.2, -0.15) is 0 Å². The maximum atomic E-state index is 11.9. The molecule has 2 N–H and O–H groups in total. The normalized spacial score (nSPS) is 13.0. The van der Waals surface area contributed by atoms with E-state index < -0.39 is 21.8 Å². The molecule has 0 radical (unpaired) electrons. The average molecular weight is 417 g/mol. The summed E-state index contributed by atoms with van der Waals surface area (Å²) in [6.07, 6.45) is 1.58. The predicted octanol–water partition coefficient (Wildman–Crippen LogP) is 4.09. The van der Waals surface area contributed by atoms with Crippen LogP contribution in [0.15, 0.2) is 23.1 Å². The molecule has 0 aliphatic carbocycles. The Morgan fingerprint density at radius 2 is 2.04 bits per heavy atom. The summed E-state index contributed by atoms with van der Waals surface area (Å²) in [5.41, 5.74) is 1.36. The Balaban J connectivity index is 2.38. The molecule has 0 saturated carbocycles. The number of benzene rings is 1. The van der Waals surface area contributed by atoms with Crippen molar-refractivity contribution in [2.75, 3.05) is 11.6 Å². The van der Waals surface area contributed by atoms with Crippen LogP contribution in [0.2, 0.25) is 5.02 Å². The van der Waals surface area contributed by atoms with Crippen molar-refractivity contribution in [3.8, 4) is 10.4 Å². The monoisotopic (exact) mass is 416 g/mol. The number of sulfone groups is 1. The Kier molecular flexibility index (Phi) is 6.31. The summed E-state index contributed by atoms with van der Waals surface area (Å²) in [6, 6.07) is 4.05. The van der Waals surface area contributed by atoms with Crippen molar-refractivity contribution < 1.29 is 18.3 Å². The Morgan fingerprint density at radius 3 is 2.58 bits per heavy atom. The largest absolute Gasteiger partial charge is 0.480 e. The Hall–Kier alpha value is -1.64. The van der Waals surface area contributed by atoms with Gasteiger partial charge in [0.2, 0.25) is 0 Å². The minimum absolute atomic E-state index is 0.0576. The van der Waals surface area contributed by atoms with Gasteiger partial charge in [0.1, 0.15) is 6.04 Å². The number of hydrogen-bond donors (Lipinski definition) is 2. The highest BCUT2D eigenvalue weighted by Crippen LogP contribution is 2.36. The number of halogens is 1. The van der Waals surface area contributed by atoms with Crippen LogP contribution in [0.25, 0.3) is 10.4 Å². The molecular weight excluding hydrogens is 396 g/mol. The predicted molar refractivity (Wildman–Crippen MR) is 105 cm³/mol. The van der Waals surface area contributed by atoms with Crippen LogP contribution in [-0.4, -0.2) is 36.8 Å². The molecule has 142 valence electrons. The molecule has 1 atom stereocenters. The highest BCUT2D eigenvalue weighted by molar-refractivity contribution is 7.90. The van der Waals surface area contributed by atoms with Crippen LogP contribution < -0.4 is 5.32 Å². The van der Waals surface area contributed by atoms with Crippen molar-refractivity contribution in [2.24, 2.45) is 5.92 Å². The molecule has 0 fully saturated rings. The van der Waals surface area contributed by atoms with E-state index in [0.717, 1.165) is 11.1 Å². The second-order valence-electron chi connectivity index (χ2n) is 6.52. The van der Waals surface area contributed by atoms with Gasteiger partial charge in [0.05, 0.1) is 20.5 Å². The fraction of sp³-hybridized carbons (Fsp3) is 0.412. The van der Waals surface area contributed by atoms with E-state index >= 15 is 0 Å². The fourth-order valence-electron chi connectivity index (χ4n) is 2.50. The molecule has 0 saturated heterocycles. The number of rotatable bonds is 7. The zero-order valence-electron chi connectivity index (χ0n) is 14.9. The molecule has 0 aliphatic rings. The van der Waals surface area contributed by atoms with Crippen molar-refractivity contribution in [1.29, 1.82) is 0 Å². The molecule has 1 aromatic heterocycles. The maximum Gasteiger partial charge on any atom is 0.326 e. The Morgan fingerprint density at radius 1 is 1.38 bits per heavy atom. The van der Waals surface area contributed by atoms with Gasteiger partial charge in [0.15, 0.2) is 15.0 Å². The summed E-state index contributed by atoms with van der Waals surface area (Å²) in [5.74, 6) is -0.711. The molecule has 1 heterocycles. The Bertz CT molecular complexity index is 923. The second-order valence-corrected chi connectivity index (χ2v) is 9.91. The first-order chi connectivity index (χ1) is 12.0. The fourth-order valence-corrected chi connectivity index (χ4v) is 4.81. The zero-order chi connectivity index (χ0) is 19.6. The maximum absolute atomic E-state index is 11.9. The number of nitrogens with one attached hydrogen (secondary N) is 1. The lowest BCUT2D eigenvalue weighted by Gasteiger charge is -2.15. The van der Waals surface area contributed by atoms with Gasteiger partial charge in [0, 0.05) is 6.26 Å². The number of aliphatic carboxylic acids is 1. The standard InChI is InChI=1S/C17H21ClN2O4S2/c1-9(2)7-13(16(21)22)20-17-19-10(3)15(25-17)11-5-6-12(18)14(8-11)26(4,23)24/h5-6,8-9,13H,7H2,1-4H3,(H,19,20)(H,21,22)/t13-/m1/s1. The van der Waals surface area contributed by atoms with E-state index in [9.17, 15) is 18.3 Å². The van der Waals surface area contributed by atoms with Crippen LogP contribution in [0.1, 0.15) is 26.0 Å². The third-order valence-corrected chi connectivity index (χ3v) is 6.41. The van der Waals surface area contributed by atoms with Crippen LogP contribution in [0.4, 0.5) is 5.13 Å². The van der Waals surface area contributed by atoms with Gasteiger partial charge in [-0.25, -0.2) is 18.2 Å². The minimum atomic E-state index is -3.45. The quantitative estimate of drug-likeness (QED) is 0.705. The number of hydrogen-bond acceptors (Lipinski definition) is 6. The highest BCUT2D eigenvalue weighted by atomic mass is 35.5. The molecule has 0 amide bonds. The lowest BCUT2D eigenvalue weighted by Crippen LogP contribution is -2.30. The summed E-state index contributed by atoms with van der Waals surface area (Å²) >= 11 is 7.28. The second kappa shape index (κ2) is 7.94. The molecule has 1 aromatic carbocycles. The van der Waals surface area contributed by atoms with Crippen molar-refractivity contribution in [3.05, 3.63) is 28.9 Å². The molecular formula is C17H21ClN2O4S2. The number of carboxylic acids is 1. The molecule has 0 spiro atoms. The van der Waals surface area contributed by atoms with Gasteiger partial charge in [-0.1, -0.05) is 42.9 Å². The van der Waals surface area contributed by atoms with Crippen LogP contribution in [-0.2, 0) is 14.6 Å². The summed E-state index contributed by atoms with van der Waals surface area (Å²) in [4.78, 5) is 16.6. The van der Waals surface area contributed by atoms with Gasteiger partial charge in [0.25, 0.3) is 0 Å². The van der Waals surface area contributed by atoms with Crippen molar-refractivity contribution >= 4 is 43.9 Å². The van der Waals surface area contributed by atoms with Gasteiger partial charge in [-0.05, 0) is 37.0 Å². The number of carboxylic acid groups (broad SMARTS) is 1. The molecule has 2 rings (SSSR count). The number of aryl methyl sites for hydroxylation is 1. The van der Waals surface area contributed by atoms with E-state index in [-0.39, 0.29) is 15.8 Å². The summed E-state index contributed by atoms with van der Waals surface area (Å²) in [6.45, 7) is 5.71. The third kappa shape index (κ3) is 4.96. The third-order valence-electron chi connectivity index (χ3n) is 3.69. The van der Waals surface area contributed by atoms with Gasteiger partial charge in [-0.15, -0.1) is 0 Å². The molecule has 26 heavy (non-hydrogen) atoms. The molecule has 6 nitrogen and oxygen atoms in total. The van der Waals surface area contributed by atoms with Gasteiger partial charge < -0.3 is 10.4 Å². The van der Waals surface area contributed by atoms with E-state index in [1.165, 1.54) is 17.4 Å². The Labute approximate surface area is 162 Å². The summed E-state index contributed by atoms with van der Waals surface area (Å²) in [5, 5.41) is 13.0. The van der Waals surface area contributed by atoms with Crippen LogP contribution in [0.3, 0.4) is 0 Å². The summed E-state index contributed by atoms with van der Waals surface area (Å²) in [7, 11) is -3.45. The smallest absolute Gasteiger partial charge is 0.326 e. The molecule has 9 heteroatoms. The van der Waals surface area contributed by atoms with Crippen LogP contribution in [0, 0.1) is 12.8 Å². The van der Waals surface area contributed by atoms with Crippen LogP contribution in [0.5, 0.6) is 0 Å². The van der Waals surface area contributed by atoms with E-state index in [4.69, 9.17) is 11.6 Å². The number of nitrogens with zero attached hydrogens (tertiary/aromatic N) is 1. The molecule has 2 aromatic rings. The van der Waals surface area contributed by atoms with Gasteiger partial charge in [-0.3, -0.25) is 0 Å². The van der Waals surface area contributed by atoms with E-state index in [2.05, 4.69) is 10.3 Å². The number of carbonyl (C=O) groups is 1. The SMILES string of the molecule is Cc1nc(N[C@H](CC(C)C)C(=O)O)sc1-c1ccc(Cl)c(S(C)(=O)=O)c1. The van der Waals surface area contributed by atoms with Crippen LogP contribution >= 0.6 is 22.9 Å². The number of anilines is 1. The zero-order valence-corrected chi connectivity index (χ0v) is 17.3. The average Bonchev–Trinajstić information content (AvgIpc) is 2.86. The molecule has 0 bridgehead atoms. The highest BCUT2D eigenvalue weighted by Gasteiger charge is 2.22. The topological polar surface area (TPSA) is 96.4 Å². The van der Waals surface area contributed by atoms with E-state index in [1.807, 2.05) is 13.8 Å².